The molecule has 132 valence electrons. The van der Waals surface area contributed by atoms with Crippen LogP contribution in [0.2, 0.25) is 0 Å². The summed E-state index contributed by atoms with van der Waals surface area (Å²) < 4.78 is 13.4. The zero-order chi connectivity index (χ0) is 18.0. The third-order valence-corrected chi connectivity index (χ3v) is 3.96. The van der Waals surface area contributed by atoms with Gasteiger partial charge in [0.25, 0.3) is 0 Å². The number of halogens is 1. The second-order valence-corrected chi connectivity index (χ2v) is 5.79. The smallest absolute Gasteiger partial charge is 0.353 e. The number of rotatable bonds is 4. The average molecular weight is 347 g/mol. The lowest BCUT2D eigenvalue weighted by Gasteiger charge is -2.32. The molecule has 0 bridgehead atoms. The van der Waals surface area contributed by atoms with Crippen LogP contribution >= 0.6 is 0 Å². The third-order valence-electron chi connectivity index (χ3n) is 3.96. The number of nitrogens with zero attached hydrogens (tertiary/aromatic N) is 5. The van der Waals surface area contributed by atoms with E-state index in [0.29, 0.717) is 24.7 Å². The minimum Gasteiger partial charge on any atom is -0.378 e. The minimum atomic E-state index is -0.648. The maximum absolute atomic E-state index is 13.4. The van der Waals surface area contributed by atoms with Gasteiger partial charge in [0.05, 0.1) is 4.92 Å². The van der Waals surface area contributed by atoms with E-state index in [1.807, 2.05) is 11.9 Å². The van der Waals surface area contributed by atoms with Crippen molar-refractivity contribution in [2.45, 2.75) is 0 Å². The van der Waals surface area contributed by atoms with E-state index in [9.17, 15) is 14.5 Å². The highest BCUT2D eigenvalue weighted by molar-refractivity contribution is 5.74. The molecule has 0 spiro atoms. The monoisotopic (exact) mass is 347 g/mol. The lowest BCUT2D eigenvalue weighted by molar-refractivity contribution is -0.383. The molecule has 1 aromatic carbocycles. The van der Waals surface area contributed by atoms with E-state index in [2.05, 4.69) is 20.2 Å². The molecule has 1 aliphatic rings. The highest BCUT2D eigenvalue weighted by Gasteiger charge is 2.26. The summed E-state index contributed by atoms with van der Waals surface area (Å²) in [5.74, 6) is -0.436. The van der Waals surface area contributed by atoms with Crippen LogP contribution in [0.3, 0.4) is 0 Å². The largest absolute Gasteiger partial charge is 0.378 e. The molecule has 1 aromatic heterocycles. The summed E-state index contributed by atoms with van der Waals surface area (Å²) in [6.45, 7) is 3.03. The molecule has 3 rings (SSSR count). The molecule has 2 aromatic rings. The molecule has 10 heteroatoms. The van der Waals surface area contributed by atoms with E-state index in [1.165, 1.54) is 18.2 Å². The normalized spacial score (nSPS) is 15.2. The Morgan fingerprint density at radius 3 is 2.64 bits per heavy atom. The van der Waals surface area contributed by atoms with E-state index in [4.69, 9.17) is 5.73 Å². The van der Waals surface area contributed by atoms with Gasteiger partial charge in [-0.2, -0.15) is 9.97 Å². The fourth-order valence-electron chi connectivity index (χ4n) is 2.58. The molecule has 0 amide bonds. The number of hydrogen-bond donors (Lipinski definition) is 2. The second-order valence-electron chi connectivity index (χ2n) is 5.79. The second kappa shape index (κ2) is 6.85. The first-order valence-electron chi connectivity index (χ1n) is 7.72. The Kier molecular flexibility index (Phi) is 4.61. The lowest BCUT2D eigenvalue weighted by atomic mass is 10.3. The molecule has 1 saturated heterocycles. The maximum atomic E-state index is 13.4. The van der Waals surface area contributed by atoms with Gasteiger partial charge < -0.3 is 20.9 Å². The molecule has 2 heterocycles. The van der Waals surface area contributed by atoms with Crippen LogP contribution in [0.5, 0.6) is 0 Å². The van der Waals surface area contributed by atoms with Crippen LogP contribution in [0.4, 0.5) is 33.3 Å². The number of likely N-dealkylation sites (N-methyl/N-ethyl adjacent to an activating group) is 1. The first kappa shape index (κ1) is 16.8. The number of nitrogens with two attached hydrogens (primary N) is 1. The molecular weight excluding hydrogens is 329 g/mol. The molecular formula is C15H18FN7O2. The quantitative estimate of drug-likeness (QED) is 0.633. The van der Waals surface area contributed by atoms with Gasteiger partial charge in [0.1, 0.15) is 5.82 Å². The minimum absolute atomic E-state index is 0.0583. The van der Waals surface area contributed by atoms with Crippen molar-refractivity contribution < 1.29 is 9.31 Å². The Balaban J connectivity index is 1.97. The van der Waals surface area contributed by atoms with Crippen LogP contribution < -0.4 is 16.0 Å². The third kappa shape index (κ3) is 3.74. The Bertz CT molecular complexity index is 793. The molecule has 9 nitrogen and oxygen atoms in total. The Hall–Kier alpha value is -3.01. The van der Waals surface area contributed by atoms with E-state index in [1.54, 1.807) is 6.07 Å². The van der Waals surface area contributed by atoms with Crippen molar-refractivity contribution in [3.63, 3.8) is 0 Å². The van der Waals surface area contributed by atoms with Crippen molar-refractivity contribution in [3.8, 4) is 0 Å². The highest BCUT2D eigenvalue weighted by atomic mass is 19.1. The standard InChI is InChI=1S/C15H18FN7O2/c1-21-5-7-22(8-6-21)15-19-13(17)12(23(24)25)14(20-15)18-11-4-2-3-10(16)9-11/h2-4,9H,5-8H2,1H3,(H3,17,18,19,20). The Morgan fingerprint density at radius 1 is 1.28 bits per heavy atom. The molecule has 1 fully saturated rings. The van der Waals surface area contributed by atoms with Gasteiger partial charge in [-0.1, -0.05) is 6.07 Å². The van der Waals surface area contributed by atoms with Crippen LogP contribution in [-0.4, -0.2) is 53.0 Å². The predicted octanol–water partition coefficient (Wildman–Crippen LogP) is 1.60. The van der Waals surface area contributed by atoms with Gasteiger partial charge >= 0.3 is 5.69 Å². The first-order chi connectivity index (χ1) is 11.9. The van der Waals surface area contributed by atoms with Crippen molar-refractivity contribution in [3.05, 3.63) is 40.2 Å². The highest BCUT2D eigenvalue weighted by Crippen LogP contribution is 2.32. The number of nitrogen functional groups attached to an aromatic ring is 1. The number of anilines is 4. The summed E-state index contributed by atoms with van der Waals surface area (Å²) in [7, 11) is 2.01. The van der Waals surface area contributed by atoms with Crippen molar-refractivity contribution >= 4 is 29.0 Å². The molecule has 0 aliphatic carbocycles. The van der Waals surface area contributed by atoms with Gasteiger partial charge in [0, 0.05) is 31.9 Å². The molecule has 0 radical (unpaired) electrons. The SMILES string of the molecule is CN1CCN(c2nc(N)c([N+](=O)[O-])c(Nc3cccc(F)c3)n2)CC1. The molecule has 25 heavy (non-hydrogen) atoms. The van der Waals surface area contributed by atoms with Crippen molar-refractivity contribution in [2.75, 3.05) is 49.2 Å². The van der Waals surface area contributed by atoms with Gasteiger partial charge in [-0.3, -0.25) is 10.1 Å². The van der Waals surface area contributed by atoms with E-state index >= 15 is 0 Å². The molecule has 0 saturated carbocycles. The molecule has 0 unspecified atom stereocenters. The number of nitro groups is 1. The van der Waals surface area contributed by atoms with E-state index < -0.39 is 16.4 Å². The fourth-order valence-corrected chi connectivity index (χ4v) is 2.58. The van der Waals surface area contributed by atoms with E-state index in [-0.39, 0.29) is 11.6 Å². The molecule has 1 aliphatic heterocycles. The van der Waals surface area contributed by atoms with Gasteiger partial charge in [-0.25, -0.2) is 4.39 Å². The summed E-state index contributed by atoms with van der Waals surface area (Å²) in [4.78, 5) is 23.1. The lowest BCUT2D eigenvalue weighted by Crippen LogP contribution is -2.45. The fraction of sp³-hybridized carbons (Fsp3) is 0.333. The predicted molar refractivity (Wildman–Crippen MR) is 92.5 cm³/mol. The zero-order valence-corrected chi connectivity index (χ0v) is 13.6. The van der Waals surface area contributed by atoms with E-state index in [0.717, 1.165) is 13.1 Å². The average Bonchev–Trinajstić information content (AvgIpc) is 2.54. The summed E-state index contributed by atoms with van der Waals surface area (Å²) in [6.07, 6.45) is 0. The van der Waals surface area contributed by atoms with Crippen LogP contribution in [0.25, 0.3) is 0 Å². The number of nitrogens with one attached hydrogen (secondary N) is 1. The Labute approximate surface area is 143 Å². The van der Waals surface area contributed by atoms with Crippen molar-refractivity contribution in [1.82, 2.24) is 14.9 Å². The van der Waals surface area contributed by atoms with Gasteiger partial charge in [0.2, 0.25) is 17.6 Å². The number of aromatic nitrogens is 2. The summed E-state index contributed by atoms with van der Waals surface area (Å²) in [6, 6.07) is 5.58. The summed E-state index contributed by atoms with van der Waals surface area (Å²) in [5, 5.41) is 14.1. The zero-order valence-electron chi connectivity index (χ0n) is 13.6. The first-order valence-corrected chi connectivity index (χ1v) is 7.72. The van der Waals surface area contributed by atoms with Crippen LogP contribution in [-0.2, 0) is 0 Å². The van der Waals surface area contributed by atoms with Crippen LogP contribution in [0.1, 0.15) is 0 Å². The van der Waals surface area contributed by atoms with Crippen molar-refractivity contribution in [1.29, 1.82) is 0 Å². The number of hydrogen-bond acceptors (Lipinski definition) is 8. The van der Waals surface area contributed by atoms with Crippen LogP contribution in [0.15, 0.2) is 24.3 Å². The summed E-state index contributed by atoms with van der Waals surface area (Å²) >= 11 is 0. The topological polar surface area (TPSA) is 113 Å². The number of benzene rings is 1. The maximum Gasteiger partial charge on any atom is 0.353 e. The van der Waals surface area contributed by atoms with Crippen LogP contribution in [0, 0.1) is 15.9 Å². The molecule has 3 N–H and O–H groups in total. The van der Waals surface area contributed by atoms with Crippen molar-refractivity contribution in [2.24, 2.45) is 0 Å². The Morgan fingerprint density at radius 2 is 2.00 bits per heavy atom. The van der Waals surface area contributed by atoms with Gasteiger partial charge in [-0.15, -0.1) is 0 Å². The molecule has 0 atom stereocenters. The number of piperazine rings is 1. The van der Waals surface area contributed by atoms with Gasteiger partial charge in [0.15, 0.2) is 0 Å². The van der Waals surface area contributed by atoms with Gasteiger partial charge in [-0.05, 0) is 25.2 Å². The summed E-state index contributed by atoms with van der Waals surface area (Å²) in [5.41, 5.74) is 5.71.